The molecule has 5 nitrogen and oxygen atoms in total. The van der Waals surface area contributed by atoms with Crippen molar-refractivity contribution in [2.75, 3.05) is 5.73 Å². The van der Waals surface area contributed by atoms with Crippen molar-refractivity contribution in [1.82, 2.24) is 4.98 Å². The van der Waals surface area contributed by atoms with Crippen molar-refractivity contribution in [2.45, 2.75) is 0 Å². The fourth-order valence-corrected chi connectivity index (χ4v) is 2.26. The molecule has 1 aromatic heterocycles. The third-order valence-corrected chi connectivity index (χ3v) is 3.23. The molecule has 104 valence electrons. The summed E-state index contributed by atoms with van der Waals surface area (Å²) in [5.74, 6) is -1.13. The highest BCUT2D eigenvalue weighted by atomic mass is 16.4. The van der Waals surface area contributed by atoms with E-state index in [1.807, 2.05) is 0 Å². The fraction of sp³-hybridized carbons (Fsp3) is 0. The summed E-state index contributed by atoms with van der Waals surface area (Å²) >= 11 is 0. The SMILES string of the molecule is Nc1cccc(-c2cc(C(=O)O)c3cccc(O)c3n2)c1. The number of aromatic nitrogens is 1. The van der Waals surface area contributed by atoms with Crippen molar-refractivity contribution in [3.05, 3.63) is 54.1 Å². The van der Waals surface area contributed by atoms with Gasteiger partial charge in [0.25, 0.3) is 0 Å². The zero-order valence-corrected chi connectivity index (χ0v) is 10.9. The van der Waals surface area contributed by atoms with Crippen LogP contribution >= 0.6 is 0 Å². The monoisotopic (exact) mass is 280 g/mol. The molecule has 0 saturated heterocycles. The van der Waals surface area contributed by atoms with E-state index in [1.165, 1.54) is 12.1 Å². The Morgan fingerprint density at radius 2 is 1.86 bits per heavy atom. The number of fused-ring (bicyclic) bond motifs is 1. The number of phenols is 1. The van der Waals surface area contributed by atoms with E-state index in [-0.39, 0.29) is 16.8 Å². The number of rotatable bonds is 2. The second-order valence-electron chi connectivity index (χ2n) is 4.66. The standard InChI is InChI=1S/C16H12N2O3/c17-10-4-1-3-9(7-10)13-8-12(16(20)21)11-5-2-6-14(19)15(11)18-13/h1-8,19H,17H2,(H,20,21). The van der Waals surface area contributed by atoms with E-state index < -0.39 is 5.97 Å². The first-order chi connectivity index (χ1) is 10.1. The highest BCUT2D eigenvalue weighted by Gasteiger charge is 2.14. The van der Waals surface area contributed by atoms with Gasteiger partial charge in [-0.15, -0.1) is 0 Å². The minimum Gasteiger partial charge on any atom is -0.506 e. The van der Waals surface area contributed by atoms with Crippen LogP contribution in [-0.4, -0.2) is 21.2 Å². The molecule has 0 amide bonds. The third kappa shape index (κ3) is 2.25. The number of para-hydroxylation sites is 1. The summed E-state index contributed by atoms with van der Waals surface area (Å²) in [7, 11) is 0. The maximum absolute atomic E-state index is 11.4. The molecule has 4 N–H and O–H groups in total. The predicted octanol–water partition coefficient (Wildman–Crippen LogP) is 2.89. The number of carbonyl (C=O) groups is 1. The van der Waals surface area contributed by atoms with Gasteiger partial charge in [0.2, 0.25) is 0 Å². The van der Waals surface area contributed by atoms with Crippen LogP contribution in [0.5, 0.6) is 5.75 Å². The van der Waals surface area contributed by atoms with Gasteiger partial charge in [-0.05, 0) is 24.3 Å². The van der Waals surface area contributed by atoms with Gasteiger partial charge in [0, 0.05) is 16.6 Å². The van der Waals surface area contributed by atoms with Gasteiger partial charge in [-0.25, -0.2) is 9.78 Å². The number of aromatic carboxylic acids is 1. The number of nitrogens with two attached hydrogens (primary N) is 1. The Bertz CT molecular complexity index is 859. The number of nitrogen functional groups attached to an aromatic ring is 1. The van der Waals surface area contributed by atoms with Crippen LogP contribution < -0.4 is 5.73 Å². The minimum absolute atomic E-state index is 0.0549. The number of hydrogen-bond donors (Lipinski definition) is 3. The van der Waals surface area contributed by atoms with E-state index in [9.17, 15) is 15.0 Å². The van der Waals surface area contributed by atoms with Gasteiger partial charge in [-0.1, -0.05) is 24.3 Å². The second-order valence-corrected chi connectivity index (χ2v) is 4.66. The summed E-state index contributed by atoms with van der Waals surface area (Å²) in [6.45, 7) is 0. The summed E-state index contributed by atoms with van der Waals surface area (Å²) in [5, 5.41) is 19.7. The quantitative estimate of drug-likeness (QED) is 0.627. The van der Waals surface area contributed by atoms with Crippen LogP contribution in [0.2, 0.25) is 0 Å². The molecule has 0 bridgehead atoms. The highest BCUT2D eigenvalue weighted by Crippen LogP contribution is 2.30. The smallest absolute Gasteiger partial charge is 0.336 e. The van der Waals surface area contributed by atoms with E-state index in [1.54, 1.807) is 36.4 Å². The Morgan fingerprint density at radius 3 is 2.57 bits per heavy atom. The van der Waals surface area contributed by atoms with Crippen molar-refractivity contribution < 1.29 is 15.0 Å². The number of carboxylic acid groups (broad SMARTS) is 1. The van der Waals surface area contributed by atoms with Gasteiger partial charge in [0.1, 0.15) is 11.3 Å². The molecule has 0 fully saturated rings. The molecular formula is C16H12N2O3. The number of anilines is 1. The molecule has 0 aliphatic rings. The molecule has 0 aliphatic carbocycles. The Balaban J connectivity index is 2.35. The summed E-state index contributed by atoms with van der Waals surface area (Å²) < 4.78 is 0. The number of aromatic hydroxyl groups is 1. The normalized spacial score (nSPS) is 10.7. The third-order valence-electron chi connectivity index (χ3n) is 3.23. The largest absolute Gasteiger partial charge is 0.506 e. The Morgan fingerprint density at radius 1 is 1.10 bits per heavy atom. The highest BCUT2D eigenvalue weighted by molar-refractivity contribution is 6.05. The van der Waals surface area contributed by atoms with Gasteiger partial charge in [-0.3, -0.25) is 0 Å². The second kappa shape index (κ2) is 4.79. The minimum atomic E-state index is -1.07. The summed E-state index contributed by atoms with van der Waals surface area (Å²) in [4.78, 5) is 15.8. The molecular weight excluding hydrogens is 268 g/mol. The molecule has 0 saturated carbocycles. The molecule has 5 heteroatoms. The van der Waals surface area contributed by atoms with Crippen LogP contribution in [0, 0.1) is 0 Å². The van der Waals surface area contributed by atoms with Crippen LogP contribution in [0.4, 0.5) is 5.69 Å². The Kier molecular flexibility index (Phi) is 2.95. The molecule has 0 atom stereocenters. The van der Waals surface area contributed by atoms with E-state index >= 15 is 0 Å². The van der Waals surface area contributed by atoms with Crippen LogP contribution in [0.1, 0.15) is 10.4 Å². The molecule has 1 heterocycles. The molecule has 0 radical (unpaired) electrons. The van der Waals surface area contributed by atoms with Crippen LogP contribution in [0.3, 0.4) is 0 Å². The van der Waals surface area contributed by atoms with Gasteiger partial charge in [-0.2, -0.15) is 0 Å². The van der Waals surface area contributed by atoms with Crippen molar-refractivity contribution >= 4 is 22.6 Å². The van der Waals surface area contributed by atoms with Crippen LogP contribution in [0.25, 0.3) is 22.2 Å². The van der Waals surface area contributed by atoms with Crippen LogP contribution in [0.15, 0.2) is 48.5 Å². The molecule has 3 aromatic rings. The number of nitrogens with zero attached hydrogens (tertiary/aromatic N) is 1. The molecule has 3 rings (SSSR count). The van der Waals surface area contributed by atoms with Gasteiger partial charge >= 0.3 is 5.97 Å². The van der Waals surface area contributed by atoms with Crippen molar-refractivity contribution in [2.24, 2.45) is 0 Å². The lowest BCUT2D eigenvalue weighted by Crippen LogP contribution is -2.00. The van der Waals surface area contributed by atoms with E-state index in [0.29, 0.717) is 22.3 Å². The van der Waals surface area contributed by atoms with Gasteiger partial charge in [0.05, 0.1) is 11.3 Å². The molecule has 2 aromatic carbocycles. The van der Waals surface area contributed by atoms with Gasteiger partial charge in [0.15, 0.2) is 0 Å². The average molecular weight is 280 g/mol. The molecule has 0 unspecified atom stereocenters. The van der Waals surface area contributed by atoms with Gasteiger partial charge < -0.3 is 15.9 Å². The Hall–Kier alpha value is -3.08. The summed E-state index contributed by atoms with van der Waals surface area (Å²) in [5.41, 5.74) is 7.80. The summed E-state index contributed by atoms with van der Waals surface area (Å²) in [6, 6.07) is 13.2. The number of hydrogen-bond acceptors (Lipinski definition) is 4. The lowest BCUT2D eigenvalue weighted by molar-refractivity contribution is 0.0699. The van der Waals surface area contributed by atoms with E-state index in [4.69, 9.17) is 5.73 Å². The average Bonchev–Trinajstić information content (AvgIpc) is 2.46. The van der Waals surface area contributed by atoms with Crippen LogP contribution in [-0.2, 0) is 0 Å². The lowest BCUT2D eigenvalue weighted by atomic mass is 10.0. The van der Waals surface area contributed by atoms with Crippen molar-refractivity contribution in [3.8, 4) is 17.0 Å². The lowest BCUT2D eigenvalue weighted by Gasteiger charge is -2.08. The van der Waals surface area contributed by atoms with Crippen molar-refractivity contribution in [3.63, 3.8) is 0 Å². The first kappa shape index (κ1) is 12.9. The van der Waals surface area contributed by atoms with E-state index in [0.717, 1.165) is 0 Å². The zero-order valence-electron chi connectivity index (χ0n) is 10.9. The number of phenolic OH excluding ortho intramolecular Hbond substituents is 1. The van der Waals surface area contributed by atoms with Crippen molar-refractivity contribution in [1.29, 1.82) is 0 Å². The number of pyridine rings is 1. The van der Waals surface area contributed by atoms with E-state index in [2.05, 4.69) is 4.98 Å². The number of carboxylic acids is 1. The first-order valence-electron chi connectivity index (χ1n) is 6.28. The fourth-order valence-electron chi connectivity index (χ4n) is 2.26. The zero-order chi connectivity index (χ0) is 15.0. The first-order valence-corrected chi connectivity index (χ1v) is 6.28. The Labute approximate surface area is 120 Å². The maximum atomic E-state index is 11.4. The number of benzene rings is 2. The topological polar surface area (TPSA) is 96.4 Å². The molecule has 21 heavy (non-hydrogen) atoms. The summed E-state index contributed by atoms with van der Waals surface area (Å²) in [6.07, 6.45) is 0. The predicted molar refractivity (Wildman–Crippen MR) is 80.2 cm³/mol. The maximum Gasteiger partial charge on any atom is 0.336 e. The molecule has 0 aliphatic heterocycles. The molecule has 0 spiro atoms.